The van der Waals surface area contributed by atoms with Gasteiger partial charge in [0.2, 0.25) is 0 Å². The molecule has 0 aromatic heterocycles. The molecule has 0 spiro atoms. The summed E-state index contributed by atoms with van der Waals surface area (Å²) >= 11 is 0. The highest BCUT2D eigenvalue weighted by molar-refractivity contribution is 5.79. The molecule has 0 aromatic rings. The smallest absolute Gasteiger partial charge is 0.0960 e. The minimum absolute atomic E-state index is 0.669. The summed E-state index contributed by atoms with van der Waals surface area (Å²) in [4.78, 5) is 2.38. The second-order valence-electron chi connectivity index (χ2n) is 5.18. The first-order chi connectivity index (χ1) is 7.15. The Hall–Kier alpha value is -0.530. The number of nitrogens with one attached hydrogen (secondary N) is 1. The fourth-order valence-electron chi connectivity index (χ4n) is 2.47. The summed E-state index contributed by atoms with van der Waals surface area (Å²) in [5.74, 6) is 1.54. The van der Waals surface area contributed by atoms with Crippen LogP contribution in [-0.4, -0.2) is 23.3 Å². The molecule has 0 aliphatic heterocycles. The van der Waals surface area contributed by atoms with Crippen molar-refractivity contribution in [2.24, 2.45) is 5.92 Å². The molecule has 88 valence electrons. The molecule has 0 unspecified atom stereocenters. The Morgan fingerprint density at radius 3 is 2.40 bits per heavy atom. The van der Waals surface area contributed by atoms with E-state index in [4.69, 9.17) is 5.41 Å². The maximum absolute atomic E-state index is 8.13. The van der Waals surface area contributed by atoms with Crippen molar-refractivity contribution in [3.8, 4) is 0 Å². The fourth-order valence-corrected chi connectivity index (χ4v) is 2.47. The molecule has 1 fully saturated rings. The summed E-state index contributed by atoms with van der Waals surface area (Å²) < 4.78 is 0. The molecular formula is C13H26N2. The summed E-state index contributed by atoms with van der Waals surface area (Å²) in [6.07, 6.45) is 7.37. The van der Waals surface area contributed by atoms with E-state index in [0.29, 0.717) is 12.0 Å². The van der Waals surface area contributed by atoms with Crippen molar-refractivity contribution in [3.05, 3.63) is 0 Å². The van der Waals surface area contributed by atoms with Crippen molar-refractivity contribution in [2.75, 3.05) is 6.54 Å². The third kappa shape index (κ3) is 3.84. The molecule has 0 radical (unpaired) electrons. The number of hydrogen-bond donors (Lipinski definition) is 1. The average Bonchev–Trinajstić information content (AvgIpc) is 2.66. The molecule has 1 saturated carbocycles. The maximum Gasteiger partial charge on any atom is 0.0960 e. The molecule has 0 bridgehead atoms. The summed E-state index contributed by atoms with van der Waals surface area (Å²) in [6.45, 7) is 7.74. The lowest BCUT2D eigenvalue weighted by atomic mass is 10.1. The molecule has 1 rings (SSSR count). The summed E-state index contributed by atoms with van der Waals surface area (Å²) in [6, 6.07) is 0.673. The van der Waals surface area contributed by atoms with E-state index >= 15 is 0 Å². The second-order valence-corrected chi connectivity index (χ2v) is 5.18. The topological polar surface area (TPSA) is 27.1 Å². The van der Waals surface area contributed by atoms with Crippen molar-refractivity contribution in [1.82, 2.24) is 4.90 Å². The van der Waals surface area contributed by atoms with E-state index in [-0.39, 0.29) is 0 Å². The van der Waals surface area contributed by atoms with Gasteiger partial charge in [0.25, 0.3) is 0 Å². The molecule has 1 aliphatic carbocycles. The van der Waals surface area contributed by atoms with Gasteiger partial charge in [-0.15, -0.1) is 0 Å². The van der Waals surface area contributed by atoms with Crippen LogP contribution >= 0.6 is 0 Å². The predicted molar refractivity (Wildman–Crippen MR) is 66.4 cm³/mol. The van der Waals surface area contributed by atoms with E-state index in [9.17, 15) is 0 Å². The number of rotatable bonds is 5. The van der Waals surface area contributed by atoms with Crippen LogP contribution in [-0.2, 0) is 0 Å². The zero-order valence-corrected chi connectivity index (χ0v) is 10.6. The van der Waals surface area contributed by atoms with Crippen molar-refractivity contribution in [2.45, 2.75) is 65.3 Å². The van der Waals surface area contributed by atoms with Crippen LogP contribution < -0.4 is 0 Å². The third-order valence-corrected chi connectivity index (χ3v) is 3.16. The zero-order chi connectivity index (χ0) is 11.3. The van der Waals surface area contributed by atoms with E-state index in [2.05, 4.69) is 25.7 Å². The molecule has 0 saturated heterocycles. The molecule has 1 aliphatic rings. The second kappa shape index (κ2) is 6.14. The van der Waals surface area contributed by atoms with Gasteiger partial charge in [-0.25, -0.2) is 0 Å². The Kier molecular flexibility index (Phi) is 5.13. The Balaban J connectivity index is 2.54. The molecule has 0 atom stereocenters. The van der Waals surface area contributed by atoms with E-state index in [0.717, 1.165) is 25.2 Å². The van der Waals surface area contributed by atoms with Crippen LogP contribution in [0, 0.1) is 11.3 Å². The van der Waals surface area contributed by atoms with E-state index in [1.165, 1.54) is 25.7 Å². The van der Waals surface area contributed by atoms with Crippen molar-refractivity contribution >= 4 is 5.84 Å². The van der Waals surface area contributed by atoms with Crippen LogP contribution in [0.15, 0.2) is 0 Å². The Morgan fingerprint density at radius 1 is 1.33 bits per heavy atom. The van der Waals surface area contributed by atoms with Crippen LogP contribution in [0.1, 0.15) is 59.3 Å². The van der Waals surface area contributed by atoms with Crippen molar-refractivity contribution in [3.63, 3.8) is 0 Å². The molecule has 0 aromatic carbocycles. The molecular weight excluding hydrogens is 184 g/mol. The van der Waals surface area contributed by atoms with Gasteiger partial charge >= 0.3 is 0 Å². The summed E-state index contributed by atoms with van der Waals surface area (Å²) in [5, 5.41) is 8.13. The monoisotopic (exact) mass is 210 g/mol. The van der Waals surface area contributed by atoms with Crippen LogP contribution in [0.5, 0.6) is 0 Å². The van der Waals surface area contributed by atoms with Gasteiger partial charge in [0, 0.05) is 19.0 Å². The molecule has 0 heterocycles. The minimum Gasteiger partial charge on any atom is -0.357 e. The molecule has 1 N–H and O–H groups in total. The molecule has 15 heavy (non-hydrogen) atoms. The third-order valence-electron chi connectivity index (χ3n) is 3.16. The summed E-state index contributed by atoms with van der Waals surface area (Å²) in [7, 11) is 0. The number of nitrogens with zero attached hydrogens (tertiary/aromatic N) is 1. The Morgan fingerprint density at radius 2 is 1.93 bits per heavy atom. The zero-order valence-electron chi connectivity index (χ0n) is 10.6. The first kappa shape index (κ1) is 12.5. The lowest BCUT2D eigenvalue weighted by Gasteiger charge is -2.32. The van der Waals surface area contributed by atoms with Gasteiger partial charge in [-0.05, 0) is 25.2 Å². The SMILES string of the molecule is CCCC(=N)N(CC(C)C)C1CCCC1. The lowest BCUT2D eigenvalue weighted by molar-refractivity contribution is 0.276. The van der Waals surface area contributed by atoms with Gasteiger partial charge in [0.1, 0.15) is 0 Å². The van der Waals surface area contributed by atoms with E-state index in [1.54, 1.807) is 0 Å². The van der Waals surface area contributed by atoms with Crippen LogP contribution in [0.2, 0.25) is 0 Å². The normalized spacial score (nSPS) is 17.3. The predicted octanol–water partition coefficient (Wildman–Crippen LogP) is 3.66. The van der Waals surface area contributed by atoms with Crippen LogP contribution in [0.3, 0.4) is 0 Å². The van der Waals surface area contributed by atoms with Crippen molar-refractivity contribution in [1.29, 1.82) is 5.41 Å². The average molecular weight is 210 g/mol. The van der Waals surface area contributed by atoms with Gasteiger partial charge < -0.3 is 4.90 Å². The van der Waals surface area contributed by atoms with Crippen LogP contribution in [0.25, 0.3) is 0 Å². The molecule has 2 nitrogen and oxygen atoms in total. The van der Waals surface area contributed by atoms with Gasteiger partial charge in [-0.2, -0.15) is 0 Å². The largest absolute Gasteiger partial charge is 0.357 e. The van der Waals surface area contributed by atoms with Gasteiger partial charge in [0.05, 0.1) is 5.84 Å². The Labute approximate surface area is 94.6 Å². The van der Waals surface area contributed by atoms with E-state index in [1.807, 2.05) is 0 Å². The highest BCUT2D eigenvalue weighted by atomic mass is 15.2. The first-order valence-corrected chi connectivity index (χ1v) is 6.49. The van der Waals surface area contributed by atoms with Crippen molar-refractivity contribution < 1.29 is 0 Å². The quantitative estimate of drug-likeness (QED) is 0.544. The number of amidine groups is 1. The number of hydrogen-bond acceptors (Lipinski definition) is 1. The summed E-state index contributed by atoms with van der Waals surface area (Å²) in [5.41, 5.74) is 0. The highest BCUT2D eigenvalue weighted by Crippen LogP contribution is 2.25. The lowest BCUT2D eigenvalue weighted by Crippen LogP contribution is -2.40. The van der Waals surface area contributed by atoms with E-state index < -0.39 is 0 Å². The Bertz CT molecular complexity index is 193. The maximum atomic E-state index is 8.13. The van der Waals surface area contributed by atoms with Gasteiger partial charge in [-0.1, -0.05) is 33.6 Å². The van der Waals surface area contributed by atoms with Gasteiger partial charge in [0.15, 0.2) is 0 Å². The van der Waals surface area contributed by atoms with Crippen LogP contribution in [0.4, 0.5) is 0 Å². The van der Waals surface area contributed by atoms with Gasteiger partial charge in [-0.3, -0.25) is 5.41 Å². The minimum atomic E-state index is 0.669. The standard InChI is InChI=1S/C13H26N2/c1-4-7-13(14)15(10-11(2)3)12-8-5-6-9-12/h11-12,14H,4-10H2,1-3H3. The fraction of sp³-hybridized carbons (Fsp3) is 0.923. The highest BCUT2D eigenvalue weighted by Gasteiger charge is 2.24. The molecule has 0 amide bonds. The first-order valence-electron chi connectivity index (χ1n) is 6.49. The molecule has 2 heteroatoms.